The third-order valence-electron chi connectivity index (χ3n) is 2.78. The Morgan fingerprint density at radius 2 is 2.05 bits per heavy atom. The number of ether oxygens (including phenoxy) is 3. The zero-order valence-electron chi connectivity index (χ0n) is 10.7. The van der Waals surface area contributed by atoms with Crippen LogP contribution in [-0.4, -0.2) is 30.3 Å². The quantitative estimate of drug-likeness (QED) is 0.473. The number of epoxide rings is 1. The van der Waals surface area contributed by atoms with Crippen LogP contribution in [0.25, 0.3) is 0 Å². The average Bonchev–Trinajstić information content (AvgIpc) is 3.31. The number of carbonyl (C=O) groups is 1. The zero-order valence-corrected chi connectivity index (χ0v) is 10.7. The number of hydrogen-bond acceptors (Lipinski definition) is 5. The summed E-state index contributed by atoms with van der Waals surface area (Å²) in [5.74, 6) is 0.457. The fourth-order valence-electron chi connectivity index (χ4n) is 1.64. The Bertz CT molecular complexity index is 596. The second-order valence-corrected chi connectivity index (χ2v) is 4.34. The van der Waals surface area contributed by atoms with Gasteiger partial charge in [-0.1, -0.05) is 12.1 Å². The van der Waals surface area contributed by atoms with Crippen molar-refractivity contribution in [3.8, 4) is 11.5 Å². The number of hydrogen-bond donors (Lipinski definition) is 0. The molecule has 1 aliphatic heterocycles. The lowest BCUT2D eigenvalue weighted by molar-refractivity contribution is 0.0727. The van der Waals surface area contributed by atoms with E-state index in [1.54, 1.807) is 36.5 Å². The van der Waals surface area contributed by atoms with Gasteiger partial charge in [0.05, 0.1) is 12.2 Å². The molecule has 1 aromatic carbocycles. The van der Waals surface area contributed by atoms with Crippen LogP contribution in [0.15, 0.2) is 48.8 Å². The van der Waals surface area contributed by atoms with E-state index < -0.39 is 5.97 Å². The van der Waals surface area contributed by atoms with Gasteiger partial charge in [-0.3, -0.25) is 4.98 Å². The molecule has 0 saturated carbocycles. The van der Waals surface area contributed by atoms with Crippen LogP contribution in [0.1, 0.15) is 10.4 Å². The van der Waals surface area contributed by atoms with Crippen molar-refractivity contribution in [1.82, 2.24) is 4.98 Å². The van der Waals surface area contributed by atoms with Crippen LogP contribution < -0.4 is 9.47 Å². The molecule has 2 aromatic rings. The highest BCUT2D eigenvalue weighted by Crippen LogP contribution is 2.28. The van der Waals surface area contributed by atoms with Gasteiger partial charge in [-0.05, 0) is 24.3 Å². The Hall–Kier alpha value is -2.40. The molecule has 3 rings (SSSR count). The molecule has 5 heteroatoms. The fraction of sp³-hybridized carbons (Fsp3) is 0.200. The molecule has 0 radical (unpaired) electrons. The predicted octanol–water partition coefficient (Wildman–Crippen LogP) is 2.08. The Kier molecular flexibility index (Phi) is 3.60. The van der Waals surface area contributed by atoms with Gasteiger partial charge in [0.1, 0.15) is 12.7 Å². The van der Waals surface area contributed by atoms with Crippen LogP contribution in [0.4, 0.5) is 0 Å². The van der Waals surface area contributed by atoms with Crippen LogP contribution in [0, 0.1) is 0 Å². The summed E-state index contributed by atoms with van der Waals surface area (Å²) in [6, 6.07) is 10.4. The SMILES string of the molecule is O=C(Oc1ccccc1OCC1CO1)c1cccnc1. The molecule has 1 aliphatic rings. The maximum Gasteiger partial charge on any atom is 0.345 e. The van der Waals surface area contributed by atoms with E-state index in [0.29, 0.717) is 23.7 Å². The molecular weight excluding hydrogens is 258 g/mol. The molecule has 1 unspecified atom stereocenters. The van der Waals surface area contributed by atoms with Crippen LogP contribution in [0.5, 0.6) is 11.5 Å². The lowest BCUT2D eigenvalue weighted by Gasteiger charge is -2.10. The second kappa shape index (κ2) is 5.71. The minimum Gasteiger partial charge on any atom is -0.487 e. The Labute approximate surface area is 116 Å². The number of carbonyl (C=O) groups excluding carboxylic acids is 1. The maximum absolute atomic E-state index is 12.0. The Morgan fingerprint density at radius 3 is 2.75 bits per heavy atom. The van der Waals surface area contributed by atoms with Crippen molar-refractivity contribution in [2.75, 3.05) is 13.2 Å². The van der Waals surface area contributed by atoms with Crippen LogP contribution >= 0.6 is 0 Å². The summed E-state index contributed by atoms with van der Waals surface area (Å²) in [7, 11) is 0. The number of para-hydroxylation sites is 2. The van der Waals surface area contributed by atoms with E-state index in [1.165, 1.54) is 6.20 Å². The summed E-state index contributed by atoms with van der Waals surface area (Å²) in [6.07, 6.45) is 3.21. The van der Waals surface area contributed by atoms with Crippen molar-refractivity contribution < 1.29 is 19.0 Å². The van der Waals surface area contributed by atoms with E-state index in [2.05, 4.69) is 4.98 Å². The molecule has 1 saturated heterocycles. The lowest BCUT2D eigenvalue weighted by Crippen LogP contribution is -2.11. The van der Waals surface area contributed by atoms with Gasteiger partial charge in [0.25, 0.3) is 0 Å². The molecule has 5 nitrogen and oxygen atoms in total. The first kappa shape index (κ1) is 12.6. The van der Waals surface area contributed by atoms with E-state index in [9.17, 15) is 4.79 Å². The number of esters is 1. The van der Waals surface area contributed by atoms with E-state index in [0.717, 1.165) is 6.61 Å². The van der Waals surface area contributed by atoms with Gasteiger partial charge in [-0.2, -0.15) is 0 Å². The van der Waals surface area contributed by atoms with Gasteiger partial charge in [-0.25, -0.2) is 4.79 Å². The normalized spacial score (nSPS) is 16.5. The maximum atomic E-state index is 12.0. The predicted molar refractivity (Wildman–Crippen MR) is 70.9 cm³/mol. The van der Waals surface area contributed by atoms with Gasteiger partial charge >= 0.3 is 5.97 Å². The van der Waals surface area contributed by atoms with Crippen molar-refractivity contribution in [3.63, 3.8) is 0 Å². The van der Waals surface area contributed by atoms with E-state index in [-0.39, 0.29) is 6.10 Å². The summed E-state index contributed by atoms with van der Waals surface area (Å²) in [5.41, 5.74) is 0.396. The molecule has 0 spiro atoms. The molecule has 0 aliphatic carbocycles. The highest BCUT2D eigenvalue weighted by Gasteiger charge is 2.24. The molecule has 2 heterocycles. The van der Waals surface area contributed by atoms with E-state index >= 15 is 0 Å². The minimum absolute atomic E-state index is 0.150. The highest BCUT2D eigenvalue weighted by atomic mass is 16.6. The lowest BCUT2D eigenvalue weighted by atomic mass is 10.3. The standard InChI is InChI=1S/C15H13NO4/c17-15(11-4-3-7-16-8-11)20-14-6-2-1-5-13(14)19-10-12-9-18-12/h1-8,12H,9-10H2. The number of aromatic nitrogens is 1. The molecule has 102 valence electrons. The highest BCUT2D eigenvalue weighted by molar-refractivity contribution is 5.90. The first-order valence-electron chi connectivity index (χ1n) is 6.28. The summed E-state index contributed by atoms with van der Waals surface area (Å²) in [4.78, 5) is 15.9. The van der Waals surface area contributed by atoms with E-state index in [4.69, 9.17) is 14.2 Å². The first-order valence-corrected chi connectivity index (χ1v) is 6.28. The van der Waals surface area contributed by atoms with Crippen LogP contribution in [0.3, 0.4) is 0 Å². The summed E-state index contributed by atoms with van der Waals surface area (Å²) >= 11 is 0. The number of rotatable bonds is 5. The molecule has 1 fully saturated rings. The second-order valence-electron chi connectivity index (χ2n) is 4.34. The van der Waals surface area contributed by atoms with Gasteiger partial charge in [0.15, 0.2) is 11.5 Å². The Morgan fingerprint density at radius 1 is 1.25 bits per heavy atom. The first-order chi connectivity index (χ1) is 9.83. The van der Waals surface area contributed by atoms with Gasteiger partial charge in [-0.15, -0.1) is 0 Å². The molecule has 0 bridgehead atoms. The fourth-order valence-corrected chi connectivity index (χ4v) is 1.64. The van der Waals surface area contributed by atoms with Gasteiger partial charge < -0.3 is 14.2 Å². The average molecular weight is 271 g/mol. The number of benzene rings is 1. The molecule has 1 atom stereocenters. The molecule has 20 heavy (non-hydrogen) atoms. The summed E-state index contributed by atoms with van der Waals surface area (Å²) in [5, 5.41) is 0. The Balaban J connectivity index is 1.71. The van der Waals surface area contributed by atoms with E-state index in [1.807, 2.05) is 6.07 Å². The van der Waals surface area contributed by atoms with Crippen molar-refractivity contribution in [2.45, 2.75) is 6.10 Å². The zero-order chi connectivity index (χ0) is 13.8. The van der Waals surface area contributed by atoms with Crippen molar-refractivity contribution in [1.29, 1.82) is 0 Å². The van der Waals surface area contributed by atoms with Crippen molar-refractivity contribution >= 4 is 5.97 Å². The monoisotopic (exact) mass is 271 g/mol. The largest absolute Gasteiger partial charge is 0.487 e. The molecular formula is C15H13NO4. The topological polar surface area (TPSA) is 61.0 Å². The van der Waals surface area contributed by atoms with Gasteiger partial charge in [0.2, 0.25) is 0 Å². The van der Waals surface area contributed by atoms with Crippen molar-refractivity contribution in [3.05, 3.63) is 54.4 Å². The van der Waals surface area contributed by atoms with Crippen molar-refractivity contribution in [2.24, 2.45) is 0 Å². The van der Waals surface area contributed by atoms with Crippen LogP contribution in [-0.2, 0) is 4.74 Å². The molecule has 1 aromatic heterocycles. The summed E-state index contributed by atoms with van der Waals surface area (Å²) < 4.78 is 16.0. The third kappa shape index (κ3) is 3.13. The molecule has 0 amide bonds. The number of pyridine rings is 1. The molecule has 0 N–H and O–H groups in total. The van der Waals surface area contributed by atoms with Crippen LogP contribution in [0.2, 0.25) is 0 Å². The minimum atomic E-state index is -0.461. The smallest absolute Gasteiger partial charge is 0.345 e. The van der Waals surface area contributed by atoms with Gasteiger partial charge in [0, 0.05) is 12.4 Å². The summed E-state index contributed by atoms with van der Waals surface area (Å²) in [6.45, 7) is 1.18. The number of nitrogens with zero attached hydrogens (tertiary/aromatic N) is 1. The third-order valence-corrected chi connectivity index (χ3v) is 2.78.